The van der Waals surface area contributed by atoms with Crippen LogP contribution in [0.4, 0.5) is 0 Å². The van der Waals surface area contributed by atoms with Gasteiger partial charge < -0.3 is 10.4 Å². The zero-order valence-electron chi connectivity index (χ0n) is 13.0. The summed E-state index contributed by atoms with van der Waals surface area (Å²) in [6.45, 7) is 0.633. The second-order valence-electron chi connectivity index (χ2n) is 5.40. The van der Waals surface area contributed by atoms with E-state index in [1.807, 2.05) is 18.2 Å². The van der Waals surface area contributed by atoms with Gasteiger partial charge in [-0.3, -0.25) is 4.79 Å². The fourth-order valence-electron chi connectivity index (χ4n) is 2.45. The number of carboxylic acid groups (broad SMARTS) is 1. The van der Waals surface area contributed by atoms with E-state index in [0.717, 1.165) is 12.8 Å². The van der Waals surface area contributed by atoms with Crippen molar-refractivity contribution in [1.29, 1.82) is 0 Å². The van der Waals surface area contributed by atoms with E-state index in [1.165, 1.54) is 5.56 Å². The molecule has 1 amide bonds. The van der Waals surface area contributed by atoms with E-state index in [9.17, 15) is 9.59 Å². The van der Waals surface area contributed by atoms with Crippen LogP contribution in [0.3, 0.4) is 0 Å². The molecule has 4 heteroatoms. The van der Waals surface area contributed by atoms with Crippen molar-refractivity contribution in [1.82, 2.24) is 5.32 Å². The van der Waals surface area contributed by atoms with Gasteiger partial charge in [-0.15, -0.1) is 0 Å². The lowest BCUT2D eigenvalue weighted by molar-refractivity contribution is -0.121. The Labute approximate surface area is 136 Å². The molecule has 0 aliphatic heterocycles. The fourth-order valence-corrected chi connectivity index (χ4v) is 2.45. The van der Waals surface area contributed by atoms with Crippen LogP contribution in [0.25, 0.3) is 0 Å². The zero-order valence-corrected chi connectivity index (χ0v) is 13.0. The standard InChI is InChI=1S/C19H21NO3/c21-18(20-14-6-9-15-7-2-1-3-8-15)13-12-16-10-4-5-11-17(16)19(22)23/h1-5,7-8,10-11H,6,9,12-14H2,(H,20,21)(H,22,23). The summed E-state index contributed by atoms with van der Waals surface area (Å²) in [4.78, 5) is 23.0. The van der Waals surface area contributed by atoms with Crippen molar-refractivity contribution < 1.29 is 14.7 Å². The third-order valence-electron chi connectivity index (χ3n) is 3.68. The van der Waals surface area contributed by atoms with E-state index in [-0.39, 0.29) is 11.5 Å². The molecular weight excluding hydrogens is 290 g/mol. The number of amides is 1. The van der Waals surface area contributed by atoms with Crippen LogP contribution >= 0.6 is 0 Å². The average molecular weight is 311 g/mol. The van der Waals surface area contributed by atoms with E-state index in [2.05, 4.69) is 17.4 Å². The van der Waals surface area contributed by atoms with Gasteiger partial charge in [-0.05, 0) is 36.5 Å². The van der Waals surface area contributed by atoms with Crippen LogP contribution in [0.15, 0.2) is 54.6 Å². The molecule has 2 rings (SSSR count). The number of carbonyl (C=O) groups excluding carboxylic acids is 1. The highest BCUT2D eigenvalue weighted by Crippen LogP contribution is 2.11. The first-order chi connectivity index (χ1) is 11.2. The van der Waals surface area contributed by atoms with Crippen molar-refractivity contribution in [2.75, 3.05) is 6.54 Å². The molecular formula is C19H21NO3. The molecule has 0 radical (unpaired) electrons. The summed E-state index contributed by atoms with van der Waals surface area (Å²) in [5.41, 5.74) is 2.22. The van der Waals surface area contributed by atoms with Crippen LogP contribution < -0.4 is 5.32 Å². The van der Waals surface area contributed by atoms with Crippen LogP contribution in [-0.2, 0) is 17.6 Å². The Bertz CT molecular complexity index is 653. The summed E-state index contributed by atoms with van der Waals surface area (Å²) in [5.74, 6) is -0.998. The lowest BCUT2D eigenvalue weighted by atomic mass is 10.0. The van der Waals surface area contributed by atoms with E-state index < -0.39 is 5.97 Å². The number of hydrogen-bond acceptors (Lipinski definition) is 2. The van der Waals surface area contributed by atoms with Gasteiger partial charge in [-0.2, -0.15) is 0 Å². The molecule has 0 aliphatic carbocycles. The van der Waals surface area contributed by atoms with Crippen molar-refractivity contribution in [3.05, 3.63) is 71.3 Å². The molecule has 0 unspecified atom stereocenters. The maximum Gasteiger partial charge on any atom is 0.335 e. The summed E-state index contributed by atoms with van der Waals surface area (Å²) < 4.78 is 0. The van der Waals surface area contributed by atoms with Crippen LogP contribution in [0, 0.1) is 0 Å². The van der Waals surface area contributed by atoms with Gasteiger partial charge in [-0.25, -0.2) is 4.79 Å². The molecule has 2 N–H and O–H groups in total. The molecule has 0 spiro atoms. The molecule has 0 atom stereocenters. The predicted octanol–water partition coefficient (Wildman–Crippen LogP) is 3.07. The first-order valence-electron chi connectivity index (χ1n) is 7.78. The molecule has 0 saturated carbocycles. The lowest BCUT2D eigenvalue weighted by Gasteiger charge is -2.07. The number of benzene rings is 2. The number of rotatable bonds is 8. The van der Waals surface area contributed by atoms with Gasteiger partial charge >= 0.3 is 5.97 Å². The summed E-state index contributed by atoms with van der Waals surface area (Å²) in [5, 5.41) is 12.0. The van der Waals surface area contributed by atoms with E-state index in [0.29, 0.717) is 24.9 Å². The molecule has 0 fully saturated rings. The summed E-state index contributed by atoms with van der Waals surface area (Å²) >= 11 is 0. The molecule has 0 heterocycles. The van der Waals surface area contributed by atoms with Gasteiger partial charge in [0, 0.05) is 13.0 Å². The monoisotopic (exact) mass is 311 g/mol. The Morgan fingerprint density at radius 2 is 1.61 bits per heavy atom. The van der Waals surface area contributed by atoms with Crippen LogP contribution in [-0.4, -0.2) is 23.5 Å². The minimum atomic E-state index is -0.955. The molecule has 0 aliphatic rings. The predicted molar refractivity (Wildman–Crippen MR) is 89.5 cm³/mol. The summed E-state index contributed by atoms with van der Waals surface area (Å²) in [7, 11) is 0. The molecule has 0 aromatic heterocycles. The normalized spacial score (nSPS) is 10.3. The SMILES string of the molecule is O=C(CCc1ccccc1C(=O)O)NCCCc1ccccc1. The van der Waals surface area contributed by atoms with E-state index >= 15 is 0 Å². The Kier molecular flexibility index (Phi) is 6.36. The number of nitrogens with one attached hydrogen (secondary N) is 1. The minimum Gasteiger partial charge on any atom is -0.478 e. The molecule has 2 aromatic rings. The van der Waals surface area contributed by atoms with Gasteiger partial charge in [0.1, 0.15) is 0 Å². The Hall–Kier alpha value is -2.62. The van der Waals surface area contributed by atoms with Crippen LogP contribution in [0.1, 0.15) is 34.3 Å². The van der Waals surface area contributed by atoms with Gasteiger partial charge in [0.05, 0.1) is 5.56 Å². The highest BCUT2D eigenvalue weighted by atomic mass is 16.4. The molecule has 4 nitrogen and oxygen atoms in total. The van der Waals surface area contributed by atoms with Gasteiger partial charge in [0.2, 0.25) is 5.91 Å². The van der Waals surface area contributed by atoms with Crippen molar-refractivity contribution >= 4 is 11.9 Å². The fraction of sp³-hybridized carbons (Fsp3) is 0.263. The number of hydrogen-bond donors (Lipinski definition) is 2. The minimum absolute atomic E-state index is 0.0433. The third-order valence-corrected chi connectivity index (χ3v) is 3.68. The van der Waals surface area contributed by atoms with E-state index in [1.54, 1.807) is 24.3 Å². The van der Waals surface area contributed by atoms with Crippen LogP contribution in [0.2, 0.25) is 0 Å². The third kappa shape index (κ3) is 5.58. The number of aromatic carboxylic acids is 1. The second kappa shape index (κ2) is 8.73. The first-order valence-corrected chi connectivity index (χ1v) is 7.78. The number of carbonyl (C=O) groups is 2. The van der Waals surface area contributed by atoms with E-state index in [4.69, 9.17) is 5.11 Å². The molecule has 2 aromatic carbocycles. The Balaban J connectivity index is 1.70. The topological polar surface area (TPSA) is 66.4 Å². The highest BCUT2D eigenvalue weighted by Gasteiger charge is 2.10. The smallest absolute Gasteiger partial charge is 0.335 e. The van der Waals surface area contributed by atoms with Gasteiger partial charge in [0.25, 0.3) is 0 Å². The van der Waals surface area contributed by atoms with Crippen molar-refractivity contribution in [2.24, 2.45) is 0 Å². The molecule has 0 saturated heterocycles. The number of aryl methyl sites for hydroxylation is 2. The Morgan fingerprint density at radius 1 is 0.913 bits per heavy atom. The highest BCUT2D eigenvalue weighted by molar-refractivity contribution is 5.89. The molecule has 0 bridgehead atoms. The van der Waals surface area contributed by atoms with Gasteiger partial charge in [-0.1, -0.05) is 48.5 Å². The maximum absolute atomic E-state index is 11.9. The van der Waals surface area contributed by atoms with Crippen molar-refractivity contribution in [3.63, 3.8) is 0 Å². The van der Waals surface area contributed by atoms with Gasteiger partial charge in [0.15, 0.2) is 0 Å². The maximum atomic E-state index is 11.9. The quantitative estimate of drug-likeness (QED) is 0.736. The summed E-state index contributed by atoms with van der Waals surface area (Å²) in [6, 6.07) is 17.0. The Morgan fingerprint density at radius 3 is 2.35 bits per heavy atom. The zero-order chi connectivity index (χ0) is 16.5. The molecule has 23 heavy (non-hydrogen) atoms. The second-order valence-corrected chi connectivity index (χ2v) is 5.40. The number of carboxylic acids is 1. The average Bonchev–Trinajstić information content (AvgIpc) is 2.58. The lowest BCUT2D eigenvalue weighted by Crippen LogP contribution is -2.25. The largest absolute Gasteiger partial charge is 0.478 e. The molecule has 120 valence electrons. The van der Waals surface area contributed by atoms with Crippen LogP contribution in [0.5, 0.6) is 0 Å². The van der Waals surface area contributed by atoms with Crippen molar-refractivity contribution in [2.45, 2.75) is 25.7 Å². The summed E-state index contributed by atoms with van der Waals surface area (Å²) in [6.07, 6.45) is 2.56. The van der Waals surface area contributed by atoms with Crippen molar-refractivity contribution in [3.8, 4) is 0 Å². The first kappa shape index (κ1) is 16.7.